The van der Waals surface area contributed by atoms with Crippen molar-refractivity contribution in [1.29, 1.82) is 0 Å². The van der Waals surface area contributed by atoms with Crippen LogP contribution in [0.2, 0.25) is 0 Å². The van der Waals surface area contributed by atoms with E-state index in [4.69, 9.17) is 0 Å². The molecule has 0 heterocycles. The van der Waals surface area contributed by atoms with Gasteiger partial charge in [-0.15, -0.1) is 0 Å². The molecule has 0 aromatic carbocycles. The van der Waals surface area contributed by atoms with Crippen LogP contribution in [0.3, 0.4) is 0 Å². The Balaban J connectivity index is -0.0000000133. The molecule has 0 radical (unpaired) electrons. The first-order valence-electron chi connectivity index (χ1n) is 0.246. The Labute approximate surface area is 76.0 Å². The predicted molar refractivity (Wildman–Crippen MR) is 15.2 cm³/mol. The van der Waals surface area contributed by atoms with Gasteiger partial charge in [-0.1, -0.05) is 0 Å². The quantitative estimate of drug-likeness (QED) is 0.619. The zero-order chi connectivity index (χ0) is 4.00. The van der Waals surface area contributed by atoms with Gasteiger partial charge in [0.15, 0.2) is 0 Å². The molecule has 0 spiro atoms. The average Bonchev–Trinajstić information content (AvgIpc) is 1.50. The zero-order valence-corrected chi connectivity index (χ0v) is 9.68. The summed E-state index contributed by atoms with van der Waals surface area (Å²) in [5.41, 5.74) is 0. The van der Waals surface area contributed by atoms with Gasteiger partial charge in [0.25, 0.3) is 0 Å². The third-order valence-electron chi connectivity index (χ3n) is 0. The Morgan fingerprint density at radius 2 is 0.800 bits per heavy atom. The van der Waals surface area contributed by atoms with Crippen LogP contribution >= 0.6 is 21.1 Å². The minimum absolute atomic E-state index is 0. The van der Waals surface area contributed by atoms with Gasteiger partial charge in [0.05, 0.1) is 0 Å². The molecule has 36 valence electrons. The van der Waals surface area contributed by atoms with Gasteiger partial charge in [-0.05, 0) is 0 Å². The third-order valence-corrected chi connectivity index (χ3v) is 0. The van der Waals surface area contributed by atoms with Crippen LogP contribution in [-0.2, 0) is 56.1 Å². The fourth-order valence-electron chi connectivity index (χ4n) is 0. The maximum absolute atomic E-state index is 3.77. The van der Waals surface area contributed by atoms with Gasteiger partial charge in [-0.2, -0.15) is 0 Å². The van der Waals surface area contributed by atoms with Crippen molar-refractivity contribution < 1.29 is 56.1 Å². The molecule has 0 atom stereocenters. The summed E-state index contributed by atoms with van der Waals surface area (Å²) in [6.07, 6.45) is 0. The normalized spacial score (nSPS) is 2.40. The summed E-state index contributed by atoms with van der Waals surface area (Å²) in [6.45, 7) is 0. The summed E-state index contributed by atoms with van der Waals surface area (Å²) in [4.78, 5) is 0. The Bertz CT molecular complexity index is 9.61. The molecule has 0 N–H and O–H groups in total. The van der Waals surface area contributed by atoms with E-state index in [2.05, 4.69) is 49.9 Å². The molecule has 0 aromatic rings. The predicted octanol–water partition coefficient (Wildman–Crippen LogP) is 1.29. The molecular formula is CdCu2S2. The molecule has 0 nitrogen and oxygen atoms in total. The first kappa shape index (κ1) is 15.7. The van der Waals surface area contributed by atoms with E-state index in [1.54, 1.807) is 0 Å². The number of hydrogen-bond donors (Lipinski definition) is 0. The van der Waals surface area contributed by atoms with Crippen molar-refractivity contribution in [1.82, 2.24) is 0 Å². The zero-order valence-electron chi connectivity index (χ0n) is 2.13. The fourth-order valence-corrected chi connectivity index (χ4v) is 0. The summed E-state index contributed by atoms with van der Waals surface area (Å²) in [6, 6.07) is 0. The summed E-state index contributed by atoms with van der Waals surface area (Å²) in [7, 11) is 7.29. The second-order valence-corrected chi connectivity index (χ2v) is 0. The second kappa shape index (κ2) is 32.4. The van der Waals surface area contributed by atoms with E-state index in [1.165, 1.54) is 0 Å². The van der Waals surface area contributed by atoms with Crippen LogP contribution in [0, 0.1) is 0 Å². The average molecular weight is 304 g/mol. The van der Waals surface area contributed by atoms with Gasteiger partial charge in [0.1, 0.15) is 0 Å². The van der Waals surface area contributed by atoms with Crippen LogP contribution in [0.25, 0.3) is 0 Å². The second-order valence-electron chi connectivity index (χ2n) is 0. The van der Waals surface area contributed by atoms with E-state index >= 15 is 0 Å². The third kappa shape index (κ3) is 21.5. The van der Waals surface area contributed by atoms with E-state index in [9.17, 15) is 0 Å². The molecule has 0 amide bonds. The number of hydrogen-bond acceptors (Lipinski definition) is 2. The van der Waals surface area contributed by atoms with Gasteiger partial charge < -0.3 is 0 Å². The molecule has 0 aliphatic rings. The Kier molecular flexibility index (Phi) is 101. The van der Waals surface area contributed by atoms with Crippen LogP contribution in [0.15, 0.2) is 0 Å². The molecule has 0 bridgehead atoms. The van der Waals surface area contributed by atoms with Crippen LogP contribution in [-0.4, -0.2) is 0 Å². The molecule has 5 heteroatoms. The van der Waals surface area contributed by atoms with Gasteiger partial charge in [0, 0.05) is 0 Å². The van der Waals surface area contributed by atoms with Crippen molar-refractivity contribution in [3.63, 3.8) is 0 Å². The topological polar surface area (TPSA) is 0 Å². The van der Waals surface area contributed by atoms with Crippen molar-refractivity contribution in [3.05, 3.63) is 0 Å². The summed E-state index contributed by atoms with van der Waals surface area (Å²) in [5, 5.41) is 0. The van der Waals surface area contributed by atoms with Gasteiger partial charge in [-0.3, -0.25) is 0 Å². The van der Waals surface area contributed by atoms with E-state index in [0.29, 0.717) is 0 Å². The first-order valence-corrected chi connectivity index (χ1v) is 3.05. The molecular weight excluding hydrogens is 304 g/mol. The van der Waals surface area contributed by atoms with E-state index in [-0.39, 0.29) is 27.3 Å². The van der Waals surface area contributed by atoms with Crippen molar-refractivity contribution in [3.8, 4) is 0 Å². The SMILES string of the molecule is [Cd+2].[S]=[Cu-].[S]=[Cu-]. The summed E-state index contributed by atoms with van der Waals surface area (Å²) < 4.78 is 0. The molecule has 0 saturated heterocycles. The van der Waals surface area contributed by atoms with E-state index in [1.807, 2.05) is 0 Å². The first-order chi connectivity index (χ1) is 2.00. The van der Waals surface area contributed by atoms with Gasteiger partial charge >= 0.3 is 77.2 Å². The fraction of sp³-hybridized carbons (Fsp3) is 0. The maximum atomic E-state index is 3.77. The standard InChI is InChI=1S/Cd.2Cu.2S/q+2;2*-1;;. The molecule has 0 aliphatic heterocycles. The molecule has 0 unspecified atom stereocenters. The van der Waals surface area contributed by atoms with Crippen LogP contribution in [0.4, 0.5) is 0 Å². The Morgan fingerprint density at radius 1 is 0.800 bits per heavy atom. The molecule has 0 saturated carbocycles. The van der Waals surface area contributed by atoms with Crippen molar-refractivity contribution in [2.24, 2.45) is 0 Å². The summed E-state index contributed by atoms with van der Waals surface area (Å²) in [5.74, 6) is 0. The number of rotatable bonds is 0. The molecule has 0 rings (SSSR count). The minimum atomic E-state index is 0. The van der Waals surface area contributed by atoms with Crippen molar-refractivity contribution >= 4 is 21.1 Å². The molecule has 0 aromatic heterocycles. The molecule has 5 heavy (non-hydrogen) atoms. The van der Waals surface area contributed by atoms with Crippen molar-refractivity contribution in [2.75, 3.05) is 0 Å². The molecule has 0 fully saturated rings. The summed E-state index contributed by atoms with van der Waals surface area (Å²) >= 11 is 7.54. The van der Waals surface area contributed by atoms with Crippen LogP contribution in [0.5, 0.6) is 0 Å². The van der Waals surface area contributed by atoms with Gasteiger partial charge in [0.2, 0.25) is 0 Å². The van der Waals surface area contributed by atoms with E-state index < -0.39 is 0 Å². The Hall–Kier alpha value is 2.40. The van der Waals surface area contributed by atoms with Crippen LogP contribution in [0.1, 0.15) is 0 Å². The molecule has 0 aliphatic carbocycles. The van der Waals surface area contributed by atoms with Crippen LogP contribution < -0.4 is 0 Å². The Morgan fingerprint density at radius 3 is 0.800 bits per heavy atom. The van der Waals surface area contributed by atoms with Crippen molar-refractivity contribution in [2.45, 2.75) is 0 Å². The van der Waals surface area contributed by atoms with Gasteiger partial charge in [-0.25, -0.2) is 0 Å². The monoisotopic (exact) mass is 304 g/mol. The van der Waals surface area contributed by atoms with E-state index in [0.717, 1.165) is 0 Å².